The van der Waals surface area contributed by atoms with Gasteiger partial charge in [-0.25, -0.2) is 16.8 Å². The maximum Gasteiger partial charge on any atom is 0.268 e. The first-order valence-corrected chi connectivity index (χ1v) is 9.79. The molecule has 0 N–H and O–H groups in total. The molecule has 1 radical (unpaired) electrons. The Hall–Kier alpha value is -2.05. The van der Waals surface area contributed by atoms with Crippen LogP contribution in [0.5, 0.6) is 0 Å². The van der Waals surface area contributed by atoms with Crippen molar-refractivity contribution in [2.75, 3.05) is 6.26 Å². The van der Waals surface area contributed by atoms with Crippen molar-refractivity contribution in [2.45, 2.75) is 9.79 Å². The molecule has 0 amide bonds. The fourth-order valence-corrected chi connectivity index (χ4v) is 4.41. The third kappa shape index (κ3) is 2.99. The van der Waals surface area contributed by atoms with Crippen LogP contribution in [0, 0.1) is 12.7 Å². The zero-order chi connectivity index (χ0) is 17.3. The average molecular weight is 360 g/mol. The Balaban J connectivity index is 2.21. The van der Waals surface area contributed by atoms with E-state index in [4.69, 9.17) is 0 Å². The van der Waals surface area contributed by atoms with Crippen LogP contribution in [-0.4, -0.2) is 18.6 Å². The molecule has 0 atom stereocenters. The summed E-state index contributed by atoms with van der Waals surface area (Å²) in [5.41, 5.74) is 0.975. The zero-order valence-corrected chi connectivity index (χ0v) is 14.6. The maximum atomic E-state index is 14.1. The number of hydrogen-bond acceptors (Lipinski definition) is 3. The largest absolute Gasteiger partial charge is 0.268 e. The van der Waals surface area contributed by atoms with Gasteiger partial charge in [-0.15, -0.1) is 11.8 Å². The Bertz CT molecular complexity index is 994. The molecule has 6 heteroatoms. The summed E-state index contributed by atoms with van der Waals surface area (Å²) in [5, 5.41) is 0. The van der Waals surface area contributed by atoms with Crippen molar-refractivity contribution in [1.82, 2.24) is 3.97 Å². The number of nitrogens with zero attached hydrogens (tertiary/aromatic N) is 1. The van der Waals surface area contributed by atoms with E-state index in [1.165, 1.54) is 30.1 Å². The van der Waals surface area contributed by atoms with Crippen LogP contribution >= 0.6 is 11.8 Å². The Morgan fingerprint density at radius 3 is 2.54 bits per heavy atom. The second-order valence-corrected chi connectivity index (χ2v) is 7.89. The lowest BCUT2D eigenvalue weighted by molar-refractivity contribution is 0.587. The molecule has 0 spiro atoms. The van der Waals surface area contributed by atoms with Crippen molar-refractivity contribution >= 4 is 21.8 Å². The van der Waals surface area contributed by atoms with E-state index in [9.17, 15) is 12.8 Å². The summed E-state index contributed by atoms with van der Waals surface area (Å²) in [6, 6.07) is 14.3. The first kappa shape index (κ1) is 16.8. The third-order valence-electron chi connectivity index (χ3n) is 3.59. The lowest BCUT2D eigenvalue weighted by Gasteiger charge is -2.12. The molecule has 0 saturated carbocycles. The van der Waals surface area contributed by atoms with Crippen molar-refractivity contribution in [1.29, 1.82) is 0 Å². The Morgan fingerprint density at radius 1 is 1.08 bits per heavy atom. The molecule has 3 rings (SSSR count). The van der Waals surface area contributed by atoms with Gasteiger partial charge in [0.25, 0.3) is 10.0 Å². The Morgan fingerprint density at radius 2 is 1.83 bits per heavy atom. The lowest BCUT2D eigenvalue weighted by atomic mass is 10.1. The van der Waals surface area contributed by atoms with Gasteiger partial charge >= 0.3 is 0 Å². The Kier molecular flexibility index (Phi) is 4.51. The van der Waals surface area contributed by atoms with E-state index in [2.05, 4.69) is 6.92 Å². The van der Waals surface area contributed by atoms with Gasteiger partial charge in [0.1, 0.15) is 5.82 Å². The topological polar surface area (TPSA) is 39.1 Å². The molecule has 123 valence electrons. The monoisotopic (exact) mass is 360 g/mol. The smallest absolute Gasteiger partial charge is 0.241 e. The van der Waals surface area contributed by atoms with Crippen LogP contribution in [-0.2, 0) is 10.0 Å². The molecule has 1 heterocycles. The summed E-state index contributed by atoms with van der Waals surface area (Å²) < 4.78 is 41.3. The number of benzene rings is 2. The van der Waals surface area contributed by atoms with Crippen molar-refractivity contribution in [3.8, 4) is 11.3 Å². The summed E-state index contributed by atoms with van der Waals surface area (Å²) >= 11 is 1.46. The van der Waals surface area contributed by atoms with Crippen molar-refractivity contribution < 1.29 is 12.8 Å². The van der Waals surface area contributed by atoms with Crippen molar-refractivity contribution in [3.63, 3.8) is 0 Å². The summed E-state index contributed by atoms with van der Waals surface area (Å²) in [6.45, 7) is 3.79. The standard InChI is InChI=1S/C18H15FNO2S2/c1-13-10-18(16-8-3-4-9-17(16)19)20(12-13)24(21,22)15-7-5-6-14(11-15)23-2/h3-12H,1H2,2H3. The molecule has 0 aliphatic heterocycles. The van der Waals surface area contributed by atoms with E-state index in [0.717, 1.165) is 8.87 Å². The quantitative estimate of drug-likeness (QED) is 0.646. The van der Waals surface area contributed by atoms with Crippen LogP contribution in [0.25, 0.3) is 11.3 Å². The highest BCUT2D eigenvalue weighted by Gasteiger charge is 2.22. The third-order valence-corrected chi connectivity index (χ3v) is 5.99. The van der Waals surface area contributed by atoms with Gasteiger partial charge in [0, 0.05) is 16.7 Å². The van der Waals surface area contributed by atoms with Gasteiger partial charge in [-0.05, 0) is 55.1 Å². The maximum absolute atomic E-state index is 14.1. The van der Waals surface area contributed by atoms with Crippen LogP contribution in [0.3, 0.4) is 0 Å². The molecule has 0 bridgehead atoms. The minimum Gasteiger partial charge on any atom is -0.241 e. The molecule has 1 aromatic heterocycles. The average Bonchev–Trinajstić information content (AvgIpc) is 2.98. The van der Waals surface area contributed by atoms with Crippen LogP contribution in [0.4, 0.5) is 4.39 Å². The van der Waals surface area contributed by atoms with E-state index >= 15 is 0 Å². The van der Waals surface area contributed by atoms with Crippen LogP contribution in [0.2, 0.25) is 0 Å². The minimum atomic E-state index is -3.85. The Labute approximate surface area is 145 Å². The van der Waals surface area contributed by atoms with Gasteiger partial charge in [0.15, 0.2) is 0 Å². The highest BCUT2D eigenvalue weighted by molar-refractivity contribution is 7.98. The van der Waals surface area contributed by atoms with Gasteiger partial charge in [0.2, 0.25) is 0 Å². The normalized spacial score (nSPS) is 11.6. The summed E-state index contributed by atoms with van der Waals surface area (Å²) in [5.74, 6) is -0.482. The highest BCUT2D eigenvalue weighted by Crippen LogP contribution is 2.29. The highest BCUT2D eigenvalue weighted by atomic mass is 32.2. The second-order valence-electron chi connectivity index (χ2n) is 5.19. The fraction of sp³-hybridized carbons (Fsp3) is 0.0556. The molecular formula is C18H15FNO2S2. The van der Waals surface area contributed by atoms with Crippen molar-refractivity contribution in [2.24, 2.45) is 0 Å². The number of halogens is 1. The second kappa shape index (κ2) is 6.45. The SMILES string of the molecule is [CH2]c1cc(-c2ccccc2F)n(S(=O)(=O)c2cccc(SC)c2)c1. The molecule has 3 aromatic rings. The lowest BCUT2D eigenvalue weighted by Crippen LogP contribution is -2.13. The first-order chi connectivity index (χ1) is 11.4. The zero-order valence-electron chi connectivity index (χ0n) is 12.9. The first-order valence-electron chi connectivity index (χ1n) is 7.12. The van der Waals surface area contributed by atoms with Gasteiger partial charge in [-0.1, -0.05) is 18.2 Å². The molecule has 0 saturated heterocycles. The number of rotatable bonds is 4. The number of thioether (sulfide) groups is 1. The molecule has 3 nitrogen and oxygen atoms in total. The van der Waals surface area contributed by atoms with Crippen molar-refractivity contribution in [3.05, 3.63) is 79.1 Å². The molecule has 0 unspecified atom stereocenters. The van der Waals surface area contributed by atoms with E-state index in [0.29, 0.717) is 5.56 Å². The van der Waals surface area contributed by atoms with Gasteiger partial charge in [0.05, 0.1) is 10.6 Å². The van der Waals surface area contributed by atoms with E-state index in [-0.39, 0.29) is 16.2 Å². The number of aromatic nitrogens is 1. The summed E-state index contributed by atoms with van der Waals surface area (Å²) in [6.07, 6.45) is 3.28. The summed E-state index contributed by atoms with van der Waals surface area (Å²) in [4.78, 5) is 0.994. The fourth-order valence-electron chi connectivity index (χ4n) is 2.44. The number of hydrogen-bond donors (Lipinski definition) is 0. The van der Waals surface area contributed by atoms with Gasteiger partial charge in [-0.2, -0.15) is 0 Å². The summed E-state index contributed by atoms with van der Waals surface area (Å²) in [7, 11) is -3.85. The van der Waals surface area contributed by atoms with E-state index < -0.39 is 15.8 Å². The molecule has 24 heavy (non-hydrogen) atoms. The van der Waals surface area contributed by atoms with E-state index in [1.54, 1.807) is 36.4 Å². The molecular weight excluding hydrogens is 345 g/mol. The van der Waals surface area contributed by atoms with Crippen LogP contribution in [0.1, 0.15) is 5.56 Å². The molecule has 0 fully saturated rings. The predicted octanol–water partition coefficient (Wildman–Crippen LogP) is 4.44. The predicted molar refractivity (Wildman–Crippen MR) is 95.1 cm³/mol. The van der Waals surface area contributed by atoms with E-state index in [1.807, 2.05) is 12.3 Å². The molecule has 0 aliphatic rings. The van der Waals surface area contributed by atoms with Gasteiger partial charge < -0.3 is 0 Å². The van der Waals surface area contributed by atoms with Crippen LogP contribution in [0.15, 0.2) is 70.6 Å². The van der Waals surface area contributed by atoms with Gasteiger partial charge in [-0.3, -0.25) is 0 Å². The van der Waals surface area contributed by atoms with Crippen LogP contribution < -0.4 is 0 Å². The molecule has 0 aliphatic carbocycles. The minimum absolute atomic E-state index is 0.155. The molecule has 2 aromatic carbocycles.